The number of aliphatic hydroxyl groups is 1. The van der Waals surface area contributed by atoms with Crippen molar-refractivity contribution in [3.8, 4) is 0 Å². The fourth-order valence-corrected chi connectivity index (χ4v) is 6.58. The van der Waals surface area contributed by atoms with E-state index in [0.717, 1.165) is 51.4 Å². The highest BCUT2D eigenvalue weighted by molar-refractivity contribution is 5.75. The van der Waals surface area contributed by atoms with E-state index in [-0.39, 0.29) is 18.0 Å². The molecule has 0 aromatic heterocycles. The molecule has 0 saturated heterocycles. The SMILES string of the molecule is COC(=O)C(N)CC1C(/C=C/C2CCC(CO)CC2)CC(OC)CC1/C=C/C1CCC(OC)CC1. The number of hydrogen-bond donors (Lipinski definition) is 2. The van der Waals surface area contributed by atoms with Crippen molar-refractivity contribution in [3.63, 3.8) is 0 Å². The Labute approximate surface area is 212 Å². The van der Waals surface area contributed by atoms with E-state index in [1.807, 2.05) is 14.2 Å². The maximum absolute atomic E-state index is 12.2. The van der Waals surface area contributed by atoms with Crippen LogP contribution in [0.2, 0.25) is 0 Å². The summed E-state index contributed by atoms with van der Waals surface area (Å²) in [4.78, 5) is 12.2. The van der Waals surface area contributed by atoms with Gasteiger partial charge in [-0.2, -0.15) is 0 Å². The molecule has 3 aliphatic rings. The van der Waals surface area contributed by atoms with E-state index in [2.05, 4.69) is 24.3 Å². The molecule has 3 saturated carbocycles. The number of esters is 1. The topological polar surface area (TPSA) is 91.0 Å². The molecule has 6 heteroatoms. The molecular formula is C29H49NO5. The molecule has 0 aromatic carbocycles. The number of methoxy groups -OCH3 is 3. The maximum Gasteiger partial charge on any atom is 0.322 e. The minimum absolute atomic E-state index is 0.208. The molecule has 0 heterocycles. The van der Waals surface area contributed by atoms with Crippen LogP contribution in [0.15, 0.2) is 24.3 Å². The Morgan fingerprint density at radius 3 is 1.80 bits per heavy atom. The predicted molar refractivity (Wildman–Crippen MR) is 139 cm³/mol. The second-order valence-corrected chi connectivity index (χ2v) is 11.2. The Kier molecular flexibility index (Phi) is 11.8. The molecule has 3 N–H and O–H groups in total. The van der Waals surface area contributed by atoms with Gasteiger partial charge in [-0.05, 0) is 106 Å². The molecule has 6 nitrogen and oxygen atoms in total. The zero-order valence-corrected chi connectivity index (χ0v) is 22.1. The third kappa shape index (κ3) is 8.41. The van der Waals surface area contributed by atoms with Crippen LogP contribution in [0, 0.1) is 35.5 Å². The van der Waals surface area contributed by atoms with Crippen molar-refractivity contribution in [2.24, 2.45) is 41.2 Å². The van der Waals surface area contributed by atoms with E-state index < -0.39 is 6.04 Å². The Bertz CT molecular complexity index is 635. The first-order valence-corrected chi connectivity index (χ1v) is 13.8. The Hall–Kier alpha value is -1.21. The number of allylic oxidation sites excluding steroid dienone is 4. The van der Waals surface area contributed by atoms with Crippen LogP contribution in [0.3, 0.4) is 0 Å². The van der Waals surface area contributed by atoms with E-state index >= 15 is 0 Å². The number of nitrogens with two attached hydrogens (primary N) is 1. The van der Waals surface area contributed by atoms with E-state index in [9.17, 15) is 9.90 Å². The summed E-state index contributed by atoms with van der Waals surface area (Å²) in [5.41, 5.74) is 6.30. The number of ether oxygens (including phenoxy) is 3. The van der Waals surface area contributed by atoms with Crippen molar-refractivity contribution in [2.45, 2.75) is 88.9 Å². The van der Waals surface area contributed by atoms with Gasteiger partial charge in [-0.3, -0.25) is 4.79 Å². The number of hydrogen-bond acceptors (Lipinski definition) is 6. The third-order valence-electron chi connectivity index (χ3n) is 9.00. The van der Waals surface area contributed by atoms with Crippen LogP contribution in [0.25, 0.3) is 0 Å². The molecule has 5 atom stereocenters. The monoisotopic (exact) mass is 491 g/mol. The normalized spacial score (nSPS) is 37.5. The first kappa shape index (κ1) is 28.4. The maximum atomic E-state index is 12.2. The van der Waals surface area contributed by atoms with Gasteiger partial charge in [0.1, 0.15) is 6.04 Å². The van der Waals surface area contributed by atoms with Crippen LogP contribution in [0.1, 0.15) is 70.6 Å². The van der Waals surface area contributed by atoms with Crippen LogP contribution >= 0.6 is 0 Å². The van der Waals surface area contributed by atoms with Gasteiger partial charge < -0.3 is 25.1 Å². The smallest absolute Gasteiger partial charge is 0.322 e. The van der Waals surface area contributed by atoms with Crippen LogP contribution in [-0.4, -0.2) is 57.3 Å². The van der Waals surface area contributed by atoms with Gasteiger partial charge in [0.25, 0.3) is 0 Å². The fraction of sp³-hybridized carbons (Fsp3) is 0.828. The Balaban J connectivity index is 1.73. The summed E-state index contributed by atoms with van der Waals surface area (Å²) in [7, 11) is 5.04. The Morgan fingerprint density at radius 1 is 0.829 bits per heavy atom. The van der Waals surface area contributed by atoms with Gasteiger partial charge in [0.15, 0.2) is 0 Å². The largest absolute Gasteiger partial charge is 0.468 e. The molecule has 3 aliphatic carbocycles. The van der Waals surface area contributed by atoms with Gasteiger partial charge in [0.05, 0.1) is 19.3 Å². The van der Waals surface area contributed by atoms with Crippen molar-refractivity contribution in [1.29, 1.82) is 0 Å². The highest BCUT2D eigenvalue weighted by Crippen LogP contribution is 2.42. The molecule has 35 heavy (non-hydrogen) atoms. The van der Waals surface area contributed by atoms with Gasteiger partial charge in [-0.15, -0.1) is 0 Å². The summed E-state index contributed by atoms with van der Waals surface area (Å²) >= 11 is 0. The van der Waals surface area contributed by atoms with Crippen molar-refractivity contribution in [2.75, 3.05) is 27.9 Å². The summed E-state index contributed by atoms with van der Waals surface area (Å²) in [6.07, 6.45) is 21.9. The molecule has 200 valence electrons. The van der Waals surface area contributed by atoms with Gasteiger partial charge in [0.2, 0.25) is 0 Å². The zero-order chi connectivity index (χ0) is 25.2. The molecule has 0 aromatic rings. The average Bonchev–Trinajstić information content (AvgIpc) is 2.91. The minimum atomic E-state index is -0.604. The number of rotatable bonds is 10. The molecule has 5 unspecified atom stereocenters. The lowest BCUT2D eigenvalue weighted by atomic mass is 9.67. The number of carbonyl (C=O) groups is 1. The van der Waals surface area contributed by atoms with Crippen molar-refractivity contribution >= 4 is 5.97 Å². The van der Waals surface area contributed by atoms with Crippen LogP contribution in [0.4, 0.5) is 0 Å². The highest BCUT2D eigenvalue weighted by atomic mass is 16.5. The van der Waals surface area contributed by atoms with Gasteiger partial charge in [-0.1, -0.05) is 24.3 Å². The van der Waals surface area contributed by atoms with Crippen molar-refractivity contribution in [3.05, 3.63) is 24.3 Å². The average molecular weight is 492 g/mol. The lowest BCUT2D eigenvalue weighted by Gasteiger charge is -2.40. The predicted octanol–water partition coefficient (Wildman–Crippen LogP) is 4.65. The van der Waals surface area contributed by atoms with Crippen molar-refractivity contribution in [1.82, 2.24) is 0 Å². The summed E-state index contributed by atoms with van der Waals surface area (Å²) in [5, 5.41) is 9.46. The first-order chi connectivity index (χ1) is 17.0. The summed E-state index contributed by atoms with van der Waals surface area (Å²) in [5.74, 6) is 2.22. The lowest BCUT2D eigenvalue weighted by molar-refractivity contribution is -0.142. The van der Waals surface area contributed by atoms with E-state index in [0.29, 0.717) is 48.7 Å². The number of aliphatic hydroxyl groups excluding tert-OH is 1. The van der Waals surface area contributed by atoms with E-state index in [1.165, 1.54) is 20.0 Å². The molecule has 0 aliphatic heterocycles. The standard InChI is InChI=1S/C29H49NO5/c1-33-25-14-10-21(11-15-25)9-13-24-17-26(34-2)16-23(27(24)18-28(30)29(32)35-3)12-8-20-4-6-22(19-31)7-5-20/h8-9,12-13,20-28,31H,4-7,10-11,14-19,30H2,1-3H3/b12-8+,13-9+. The van der Waals surface area contributed by atoms with Crippen LogP contribution in [0.5, 0.6) is 0 Å². The molecule has 3 fully saturated rings. The number of carbonyl (C=O) groups excluding carboxylic acids is 1. The zero-order valence-electron chi connectivity index (χ0n) is 22.1. The third-order valence-corrected chi connectivity index (χ3v) is 9.00. The second kappa shape index (κ2) is 14.5. The van der Waals surface area contributed by atoms with E-state index in [1.54, 1.807) is 0 Å². The minimum Gasteiger partial charge on any atom is -0.468 e. The molecule has 0 amide bonds. The van der Waals surface area contributed by atoms with Gasteiger partial charge in [0, 0.05) is 20.8 Å². The van der Waals surface area contributed by atoms with E-state index in [4.69, 9.17) is 19.9 Å². The van der Waals surface area contributed by atoms with Crippen LogP contribution in [-0.2, 0) is 19.0 Å². The highest BCUT2D eigenvalue weighted by Gasteiger charge is 2.38. The van der Waals surface area contributed by atoms with Crippen LogP contribution < -0.4 is 5.73 Å². The molecule has 3 rings (SSSR count). The molecular weight excluding hydrogens is 442 g/mol. The lowest BCUT2D eigenvalue weighted by Crippen LogP contribution is -2.41. The second-order valence-electron chi connectivity index (χ2n) is 11.2. The Morgan fingerprint density at radius 2 is 1.34 bits per heavy atom. The first-order valence-electron chi connectivity index (χ1n) is 13.8. The van der Waals surface area contributed by atoms with Gasteiger partial charge >= 0.3 is 5.97 Å². The molecule has 0 bridgehead atoms. The van der Waals surface area contributed by atoms with Gasteiger partial charge in [-0.25, -0.2) is 0 Å². The summed E-state index contributed by atoms with van der Waals surface area (Å²) < 4.78 is 16.4. The fourth-order valence-electron chi connectivity index (χ4n) is 6.58. The molecule has 0 spiro atoms. The molecule has 0 radical (unpaired) electrons. The summed E-state index contributed by atoms with van der Waals surface area (Å²) in [6, 6.07) is -0.604. The quantitative estimate of drug-likeness (QED) is 0.341. The summed E-state index contributed by atoms with van der Waals surface area (Å²) in [6.45, 7) is 0.309. The van der Waals surface area contributed by atoms with Crippen molar-refractivity contribution < 1.29 is 24.1 Å².